The molecule has 7 nitrogen and oxygen atoms in total. The summed E-state index contributed by atoms with van der Waals surface area (Å²) in [5.74, 6) is -0.496. The highest BCUT2D eigenvalue weighted by molar-refractivity contribution is 6.31. The quantitative estimate of drug-likeness (QED) is 0.536. The standard InChI is InChI=1S/C23H24ClN3O4/c1-5-30-20-9-7-6-8-19(20)25-22(28)16(4)31-23(29)17-10-12-18(13-11-17)27-15(3)21(24)14(2)26-27/h6-13,16H,5H2,1-4H3,(H,25,28). The van der Waals surface area contributed by atoms with Crippen LogP contribution in [0.5, 0.6) is 5.75 Å². The molecular formula is C23H24ClN3O4. The highest BCUT2D eigenvalue weighted by atomic mass is 35.5. The predicted octanol–water partition coefficient (Wildman–Crippen LogP) is 4.73. The number of rotatable bonds is 7. The highest BCUT2D eigenvalue weighted by Crippen LogP contribution is 2.24. The molecule has 0 fully saturated rings. The molecule has 1 aromatic heterocycles. The Bertz CT molecular complexity index is 1090. The molecule has 1 amide bonds. The maximum Gasteiger partial charge on any atom is 0.338 e. The SMILES string of the molecule is CCOc1ccccc1NC(=O)C(C)OC(=O)c1ccc(-n2nc(C)c(Cl)c2C)cc1. The zero-order chi connectivity index (χ0) is 22.5. The number of carbonyl (C=O) groups excluding carboxylic acids is 2. The number of nitrogens with one attached hydrogen (secondary N) is 1. The van der Waals surface area contributed by atoms with Gasteiger partial charge < -0.3 is 14.8 Å². The summed E-state index contributed by atoms with van der Waals surface area (Å²) in [6.07, 6.45) is -0.989. The van der Waals surface area contributed by atoms with Crippen LogP contribution in [0.1, 0.15) is 35.6 Å². The number of nitrogens with zero attached hydrogens (tertiary/aromatic N) is 2. The van der Waals surface area contributed by atoms with Gasteiger partial charge >= 0.3 is 5.97 Å². The first-order valence-corrected chi connectivity index (χ1v) is 10.3. The molecule has 2 aromatic carbocycles. The van der Waals surface area contributed by atoms with Gasteiger partial charge in [0.25, 0.3) is 5.91 Å². The van der Waals surface area contributed by atoms with E-state index in [0.29, 0.717) is 28.6 Å². The normalized spacial score (nSPS) is 11.6. The topological polar surface area (TPSA) is 82.5 Å². The number of para-hydroxylation sites is 2. The van der Waals surface area contributed by atoms with Crippen molar-refractivity contribution in [2.45, 2.75) is 33.8 Å². The summed E-state index contributed by atoms with van der Waals surface area (Å²) in [6, 6.07) is 13.8. The van der Waals surface area contributed by atoms with Crippen LogP contribution in [-0.4, -0.2) is 34.4 Å². The van der Waals surface area contributed by atoms with Crippen LogP contribution in [0.25, 0.3) is 5.69 Å². The maximum atomic E-state index is 12.5. The number of esters is 1. The molecule has 0 spiro atoms. The molecule has 162 valence electrons. The van der Waals surface area contributed by atoms with Crippen molar-refractivity contribution in [2.75, 3.05) is 11.9 Å². The molecule has 1 unspecified atom stereocenters. The van der Waals surface area contributed by atoms with E-state index in [1.54, 1.807) is 47.1 Å². The van der Waals surface area contributed by atoms with E-state index in [-0.39, 0.29) is 0 Å². The van der Waals surface area contributed by atoms with Gasteiger partial charge in [-0.25, -0.2) is 9.48 Å². The summed E-state index contributed by atoms with van der Waals surface area (Å²) in [6.45, 7) is 7.54. The second-order valence-electron chi connectivity index (χ2n) is 6.91. The van der Waals surface area contributed by atoms with Crippen molar-refractivity contribution >= 4 is 29.2 Å². The molecule has 1 atom stereocenters. The number of anilines is 1. The van der Waals surface area contributed by atoms with Crippen molar-refractivity contribution in [3.05, 3.63) is 70.5 Å². The van der Waals surface area contributed by atoms with Gasteiger partial charge in [0.2, 0.25) is 0 Å². The average molecular weight is 442 g/mol. The second-order valence-corrected chi connectivity index (χ2v) is 7.29. The zero-order valence-corrected chi connectivity index (χ0v) is 18.6. The first-order chi connectivity index (χ1) is 14.8. The Hall–Kier alpha value is -3.32. The van der Waals surface area contributed by atoms with Crippen molar-refractivity contribution in [3.8, 4) is 11.4 Å². The van der Waals surface area contributed by atoms with Gasteiger partial charge in [-0.3, -0.25) is 4.79 Å². The summed E-state index contributed by atoms with van der Waals surface area (Å²) in [5.41, 5.74) is 3.15. The number of halogens is 1. The monoisotopic (exact) mass is 441 g/mol. The highest BCUT2D eigenvalue weighted by Gasteiger charge is 2.20. The van der Waals surface area contributed by atoms with Gasteiger partial charge in [-0.15, -0.1) is 0 Å². The molecule has 0 saturated carbocycles. The lowest BCUT2D eigenvalue weighted by Crippen LogP contribution is -2.30. The van der Waals surface area contributed by atoms with E-state index in [2.05, 4.69) is 10.4 Å². The zero-order valence-electron chi connectivity index (χ0n) is 17.8. The predicted molar refractivity (Wildman–Crippen MR) is 119 cm³/mol. The molecule has 8 heteroatoms. The van der Waals surface area contributed by atoms with Crippen LogP contribution in [0.3, 0.4) is 0 Å². The van der Waals surface area contributed by atoms with Gasteiger partial charge in [-0.2, -0.15) is 5.10 Å². The molecule has 0 aliphatic heterocycles. The Labute approximate surface area is 185 Å². The minimum Gasteiger partial charge on any atom is -0.492 e. The fourth-order valence-electron chi connectivity index (χ4n) is 2.98. The molecule has 0 saturated heterocycles. The molecule has 0 aliphatic carbocycles. The Morgan fingerprint density at radius 2 is 1.81 bits per heavy atom. The van der Waals surface area contributed by atoms with E-state index < -0.39 is 18.0 Å². The lowest BCUT2D eigenvalue weighted by atomic mass is 10.2. The summed E-state index contributed by atoms with van der Waals surface area (Å²) < 4.78 is 12.5. The summed E-state index contributed by atoms with van der Waals surface area (Å²) >= 11 is 6.20. The first-order valence-electron chi connectivity index (χ1n) is 9.87. The summed E-state index contributed by atoms with van der Waals surface area (Å²) in [7, 11) is 0. The number of benzene rings is 2. The van der Waals surface area contributed by atoms with E-state index in [1.807, 2.05) is 26.8 Å². The fraction of sp³-hybridized carbons (Fsp3) is 0.261. The van der Waals surface area contributed by atoms with Gasteiger partial charge in [-0.05, 0) is 64.1 Å². The number of amides is 1. The molecule has 1 N–H and O–H groups in total. The van der Waals surface area contributed by atoms with Gasteiger partial charge in [0.05, 0.1) is 40.0 Å². The fourth-order valence-corrected chi connectivity index (χ4v) is 3.10. The third kappa shape index (κ3) is 5.06. The van der Waals surface area contributed by atoms with Crippen LogP contribution in [-0.2, 0) is 9.53 Å². The largest absolute Gasteiger partial charge is 0.492 e. The molecule has 0 radical (unpaired) electrons. The minimum absolute atomic E-state index is 0.325. The van der Waals surface area contributed by atoms with Gasteiger partial charge in [0.15, 0.2) is 6.10 Å². The Balaban J connectivity index is 1.65. The minimum atomic E-state index is -0.989. The molecule has 0 bridgehead atoms. The third-order valence-electron chi connectivity index (χ3n) is 4.65. The number of carbonyl (C=O) groups is 2. The van der Waals surface area contributed by atoms with Gasteiger partial charge in [-0.1, -0.05) is 23.7 Å². The lowest BCUT2D eigenvalue weighted by molar-refractivity contribution is -0.123. The number of hydrogen-bond donors (Lipinski definition) is 1. The van der Waals surface area contributed by atoms with Gasteiger partial charge in [0, 0.05) is 0 Å². The molecule has 3 aromatic rings. The maximum absolute atomic E-state index is 12.5. The number of ether oxygens (including phenoxy) is 2. The first kappa shape index (κ1) is 22.4. The van der Waals surface area contributed by atoms with Crippen molar-refractivity contribution in [1.82, 2.24) is 9.78 Å². The number of aromatic nitrogens is 2. The van der Waals surface area contributed by atoms with Crippen LogP contribution in [0.2, 0.25) is 5.02 Å². The van der Waals surface area contributed by atoms with E-state index >= 15 is 0 Å². The molecule has 31 heavy (non-hydrogen) atoms. The van der Waals surface area contributed by atoms with E-state index in [0.717, 1.165) is 17.1 Å². The van der Waals surface area contributed by atoms with Crippen LogP contribution < -0.4 is 10.1 Å². The van der Waals surface area contributed by atoms with Crippen LogP contribution in [0, 0.1) is 13.8 Å². The van der Waals surface area contributed by atoms with Crippen LogP contribution in [0.4, 0.5) is 5.69 Å². The summed E-state index contributed by atoms with van der Waals surface area (Å²) in [4.78, 5) is 25.0. The van der Waals surface area contributed by atoms with Crippen molar-refractivity contribution in [2.24, 2.45) is 0 Å². The second kappa shape index (κ2) is 9.66. The van der Waals surface area contributed by atoms with Crippen molar-refractivity contribution in [3.63, 3.8) is 0 Å². The van der Waals surface area contributed by atoms with Crippen molar-refractivity contribution in [1.29, 1.82) is 0 Å². The van der Waals surface area contributed by atoms with Gasteiger partial charge in [0.1, 0.15) is 5.75 Å². The number of aryl methyl sites for hydroxylation is 1. The Kier molecular flexibility index (Phi) is 6.97. The van der Waals surface area contributed by atoms with Crippen LogP contribution >= 0.6 is 11.6 Å². The van der Waals surface area contributed by atoms with E-state index in [1.165, 1.54) is 6.92 Å². The van der Waals surface area contributed by atoms with Crippen molar-refractivity contribution < 1.29 is 19.1 Å². The van der Waals surface area contributed by atoms with E-state index in [9.17, 15) is 9.59 Å². The number of hydrogen-bond acceptors (Lipinski definition) is 5. The molecule has 1 heterocycles. The average Bonchev–Trinajstić information content (AvgIpc) is 3.02. The molecule has 3 rings (SSSR count). The third-order valence-corrected chi connectivity index (χ3v) is 5.20. The lowest BCUT2D eigenvalue weighted by Gasteiger charge is -2.15. The van der Waals surface area contributed by atoms with Crippen LogP contribution in [0.15, 0.2) is 48.5 Å². The van der Waals surface area contributed by atoms with E-state index in [4.69, 9.17) is 21.1 Å². The Morgan fingerprint density at radius 3 is 2.42 bits per heavy atom. The Morgan fingerprint density at radius 1 is 1.13 bits per heavy atom. The smallest absolute Gasteiger partial charge is 0.338 e. The summed E-state index contributed by atoms with van der Waals surface area (Å²) in [5, 5.41) is 7.73. The molecule has 0 aliphatic rings. The molecular weight excluding hydrogens is 418 g/mol.